The summed E-state index contributed by atoms with van der Waals surface area (Å²) in [6.45, 7) is 10.9. The van der Waals surface area contributed by atoms with Gasteiger partial charge in [-0.1, -0.05) is 45.0 Å². The quantitative estimate of drug-likeness (QED) is 0.422. The summed E-state index contributed by atoms with van der Waals surface area (Å²) in [7, 11) is 1.22. The first-order valence-corrected chi connectivity index (χ1v) is 10.6. The molecule has 3 rings (SSSR count). The number of esters is 2. The highest BCUT2D eigenvalue weighted by Gasteiger charge is 2.28. The van der Waals surface area contributed by atoms with E-state index in [-0.39, 0.29) is 17.7 Å². The number of hydrogen-bond donors (Lipinski definition) is 1. The van der Waals surface area contributed by atoms with Gasteiger partial charge in [-0.2, -0.15) is 0 Å². The highest BCUT2D eigenvalue weighted by molar-refractivity contribution is 6.31. The van der Waals surface area contributed by atoms with Crippen LogP contribution >= 0.6 is 11.6 Å². The molecule has 0 spiro atoms. The third-order valence-corrected chi connectivity index (χ3v) is 5.23. The van der Waals surface area contributed by atoms with E-state index < -0.39 is 23.5 Å². The number of nitrogens with zero attached hydrogens (tertiary/aromatic N) is 3. The first-order chi connectivity index (χ1) is 15.4. The van der Waals surface area contributed by atoms with Gasteiger partial charge in [-0.05, 0) is 42.2 Å². The van der Waals surface area contributed by atoms with Crippen LogP contribution in [0.15, 0.2) is 42.5 Å². The Labute approximate surface area is 196 Å². The van der Waals surface area contributed by atoms with E-state index in [4.69, 9.17) is 21.1 Å². The fourth-order valence-electron chi connectivity index (χ4n) is 3.26. The molecule has 9 heteroatoms. The molecule has 0 radical (unpaired) electrons. The molecule has 33 heavy (non-hydrogen) atoms. The molecule has 8 nitrogen and oxygen atoms in total. The lowest BCUT2D eigenvalue weighted by atomic mass is 9.84. The van der Waals surface area contributed by atoms with Crippen molar-refractivity contribution in [3.63, 3.8) is 0 Å². The minimum absolute atomic E-state index is 0.00574. The van der Waals surface area contributed by atoms with Gasteiger partial charge in [0, 0.05) is 22.6 Å². The fourth-order valence-corrected chi connectivity index (χ4v) is 3.43. The average Bonchev–Trinajstić information content (AvgIpc) is 3.15. The number of phenolic OH excluding ortho intramolecular Hbond substituents is 1. The summed E-state index contributed by atoms with van der Waals surface area (Å²) in [5, 5.41) is 20.5. The number of fused-ring (bicyclic) bond motifs is 1. The molecule has 0 saturated carbocycles. The molecule has 1 atom stereocenters. The summed E-state index contributed by atoms with van der Waals surface area (Å²) < 4.78 is 10.1. The van der Waals surface area contributed by atoms with Crippen molar-refractivity contribution in [3.8, 4) is 11.4 Å². The molecule has 3 aromatic rings. The van der Waals surface area contributed by atoms with E-state index in [0.717, 1.165) is 0 Å². The van der Waals surface area contributed by atoms with E-state index in [1.807, 2.05) is 20.8 Å². The molecule has 2 aromatic carbocycles. The van der Waals surface area contributed by atoms with Crippen LogP contribution < -0.4 is 0 Å². The molecule has 0 saturated heterocycles. The number of aromatic nitrogens is 3. The van der Waals surface area contributed by atoms with Crippen LogP contribution in [0.3, 0.4) is 0 Å². The van der Waals surface area contributed by atoms with Crippen molar-refractivity contribution in [2.24, 2.45) is 0 Å². The van der Waals surface area contributed by atoms with Crippen LogP contribution in [0.4, 0.5) is 0 Å². The van der Waals surface area contributed by atoms with Gasteiger partial charge in [0.1, 0.15) is 22.5 Å². The number of hydrogen-bond acceptors (Lipinski definition) is 7. The minimum Gasteiger partial charge on any atom is -0.505 e. The highest BCUT2D eigenvalue weighted by atomic mass is 35.5. The van der Waals surface area contributed by atoms with E-state index in [1.165, 1.54) is 18.8 Å². The second-order valence-electron chi connectivity index (χ2n) is 8.79. The van der Waals surface area contributed by atoms with Crippen LogP contribution in [0.25, 0.3) is 16.7 Å². The first-order valence-electron chi connectivity index (χ1n) is 10.2. The zero-order valence-electron chi connectivity index (χ0n) is 19.2. The zero-order chi connectivity index (χ0) is 24.5. The molecule has 1 aromatic heterocycles. The van der Waals surface area contributed by atoms with Gasteiger partial charge in [-0.3, -0.25) is 0 Å². The lowest BCUT2D eigenvalue weighted by Gasteiger charge is -2.24. The van der Waals surface area contributed by atoms with Crippen molar-refractivity contribution in [3.05, 3.63) is 58.6 Å². The SMILES string of the molecule is C=C(C)C(=O)OC(Cc1cc(-n2nc3ccc(Cl)cc3n2)c(O)c(C(C)(C)C)c1)C(=O)OC. The van der Waals surface area contributed by atoms with Crippen LogP contribution in [-0.2, 0) is 30.9 Å². The van der Waals surface area contributed by atoms with Crippen molar-refractivity contribution in [1.29, 1.82) is 0 Å². The highest BCUT2D eigenvalue weighted by Crippen LogP contribution is 2.36. The van der Waals surface area contributed by atoms with Gasteiger partial charge in [0.05, 0.1) is 7.11 Å². The molecule has 0 aliphatic rings. The molecule has 0 amide bonds. The third kappa shape index (κ3) is 5.34. The lowest BCUT2D eigenvalue weighted by molar-refractivity contribution is -0.163. The number of methoxy groups -OCH3 is 1. The lowest BCUT2D eigenvalue weighted by Crippen LogP contribution is -2.31. The topological polar surface area (TPSA) is 104 Å². The number of rotatable bonds is 6. The maximum atomic E-state index is 12.3. The van der Waals surface area contributed by atoms with Gasteiger partial charge in [-0.15, -0.1) is 15.0 Å². The van der Waals surface area contributed by atoms with Crippen LogP contribution in [0, 0.1) is 0 Å². The second-order valence-corrected chi connectivity index (χ2v) is 9.22. The van der Waals surface area contributed by atoms with Gasteiger partial charge in [-0.25, -0.2) is 9.59 Å². The molecule has 0 bridgehead atoms. The van der Waals surface area contributed by atoms with Crippen molar-refractivity contribution < 1.29 is 24.2 Å². The maximum Gasteiger partial charge on any atom is 0.347 e. The molecule has 0 fully saturated rings. The summed E-state index contributed by atoms with van der Waals surface area (Å²) in [5.41, 5.74) is 2.44. The first kappa shape index (κ1) is 24.3. The van der Waals surface area contributed by atoms with Crippen molar-refractivity contribution in [1.82, 2.24) is 15.0 Å². The summed E-state index contributed by atoms with van der Waals surface area (Å²) in [6.07, 6.45) is -1.16. The number of phenols is 1. The molecule has 0 aliphatic carbocycles. The molecular weight excluding hydrogens is 446 g/mol. The van der Waals surface area contributed by atoms with Crippen LogP contribution in [0.2, 0.25) is 5.02 Å². The van der Waals surface area contributed by atoms with Gasteiger partial charge < -0.3 is 14.6 Å². The van der Waals surface area contributed by atoms with E-state index in [0.29, 0.717) is 32.9 Å². The number of carbonyl (C=O) groups is 2. The Morgan fingerprint density at radius 1 is 1.18 bits per heavy atom. The number of ether oxygens (including phenoxy) is 2. The Morgan fingerprint density at radius 2 is 1.85 bits per heavy atom. The van der Waals surface area contributed by atoms with Crippen molar-refractivity contribution in [2.45, 2.75) is 45.6 Å². The van der Waals surface area contributed by atoms with Gasteiger partial charge in [0.15, 0.2) is 0 Å². The monoisotopic (exact) mass is 471 g/mol. The average molecular weight is 472 g/mol. The Bertz CT molecular complexity index is 1240. The van der Waals surface area contributed by atoms with Crippen molar-refractivity contribution in [2.75, 3.05) is 7.11 Å². The summed E-state index contributed by atoms with van der Waals surface area (Å²) in [5.74, 6) is -1.39. The van der Waals surface area contributed by atoms with Gasteiger partial charge in [0.2, 0.25) is 6.10 Å². The van der Waals surface area contributed by atoms with Crippen LogP contribution in [0.1, 0.15) is 38.8 Å². The van der Waals surface area contributed by atoms with Gasteiger partial charge in [0.25, 0.3) is 0 Å². The number of halogens is 1. The molecule has 1 heterocycles. The summed E-state index contributed by atoms with van der Waals surface area (Å²) in [6, 6.07) is 8.53. The van der Waals surface area contributed by atoms with Gasteiger partial charge >= 0.3 is 11.9 Å². The van der Waals surface area contributed by atoms with E-state index in [1.54, 1.807) is 30.3 Å². The maximum absolute atomic E-state index is 12.3. The zero-order valence-corrected chi connectivity index (χ0v) is 19.9. The summed E-state index contributed by atoms with van der Waals surface area (Å²) in [4.78, 5) is 25.7. The Balaban J connectivity index is 2.12. The van der Waals surface area contributed by atoms with Crippen LogP contribution in [0.5, 0.6) is 5.75 Å². The summed E-state index contributed by atoms with van der Waals surface area (Å²) >= 11 is 6.06. The van der Waals surface area contributed by atoms with E-state index >= 15 is 0 Å². The normalized spacial score (nSPS) is 12.4. The molecule has 1 N–H and O–H groups in total. The van der Waals surface area contributed by atoms with E-state index in [2.05, 4.69) is 16.8 Å². The van der Waals surface area contributed by atoms with E-state index in [9.17, 15) is 14.7 Å². The Hall–Kier alpha value is -3.39. The predicted molar refractivity (Wildman–Crippen MR) is 125 cm³/mol. The van der Waals surface area contributed by atoms with Crippen molar-refractivity contribution >= 4 is 34.6 Å². The minimum atomic E-state index is -1.19. The smallest absolute Gasteiger partial charge is 0.347 e. The second kappa shape index (κ2) is 9.23. The number of carbonyl (C=O) groups excluding carboxylic acids is 2. The number of benzene rings is 2. The molecule has 174 valence electrons. The molecular formula is C24H26ClN3O5. The predicted octanol–water partition coefficient (Wildman–Crippen LogP) is 4.28. The Morgan fingerprint density at radius 3 is 2.45 bits per heavy atom. The fraction of sp³-hybridized carbons (Fsp3) is 0.333. The largest absolute Gasteiger partial charge is 0.505 e. The Kier molecular flexibility index (Phi) is 6.78. The standard InChI is InChI=1S/C24H26ClN3O5/c1-13(2)22(30)33-20(23(31)32-6)11-14-9-16(24(3,4)5)21(29)19(10-14)28-26-17-8-7-15(25)12-18(17)27-28/h7-10,12,20,29H,1,11H2,2-6H3. The van der Waals surface area contributed by atoms with Crippen LogP contribution in [-0.4, -0.2) is 45.3 Å². The third-order valence-electron chi connectivity index (χ3n) is 5.00. The number of aromatic hydroxyl groups is 1. The molecule has 1 unspecified atom stereocenters. The molecule has 0 aliphatic heterocycles.